The first kappa shape index (κ1) is 21.6. The number of hydrogen-bond donors (Lipinski definition) is 2. The number of aromatic nitrogens is 1. The minimum Gasteiger partial charge on any atom is -0.494 e. The first-order valence-electron chi connectivity index (χ1n) is 11.5. The average molecular weight is 423 g/mol. The molecule has 6 heteroatoms. The van der Waals surface area contributed by atoms with Gasteiger partial charge in [-0.3, -0.25) is 9.69 Å². The lowest BCUT2D eigenvalue weighted by Gasteiger charge is -2.32. The van der Waals surface area contributed by atoms with Gasteiger partial charge in [0.1, 0.15) is 11.6 Å². The Balaban J connectivity index is 1.29. The van der Waals surface area contributed by atoms with Gasteiger partial charge < -0.3 is 15.4 Å². The normalized spacial score (nSPS) is 17.4. The summed E-state index contributed by atoms with van der Waals surface area (Å²) < 4.78 is 5.92. The fourth-order valence-corrected chi connectivity index (χ4v) is 4.41. The van der Waals surface area contributed by atoms with Crippen molar-refractivity contribution in [1.29, 1.82) is 0 Å². The third-order valence-electron chi connectivity index (χ3n) is 6.30. The molecule has 0 radical (unpaired) electrons. The largest absolute Gasteiger partial charge is 0.494 e. The van der Waals surface area contributed by atoms with Gasteiger partial charge in [0.2, 0.25) is 0 Å². The molecule has 0 bridgehead atoms. The van der Waals surface area contributed by atoms with E-state index in [2.05, 4.69) is 45.6 Å². The van der Waals surface area contributed by atoms with E-state index in [0.717, 1.165) is 49.6 Å². The van der Waals surface area contributed by atoms with Gasteiger partial charge in [0.15, 0.2) is 0 Å². The van der Waals surface area contributed by atoms with E-state index in [4.69, 9.17) is 4.74 Å². The molecule has 1 aliphatic heterocycles. The average Bonchev–Trinajstić information content (AvgIpc) is 3.61. The smallest absolute Gasteiger partial charge is 0.253 e. The van der Waals surface area contributed by atoms with Crippen LogP contribution in [0.4, 0.5) is 5.82 Å². The van der Waals surface area contributed by atoms with Crippen LogP contribution in [0.25, 0.3) is 0 Å². The van der Waals surface area contributed by atoms with E-state index in [-0.39, 0.29) is 11.9 Å². The zero-order valence-corrected chi connectivity index (χ0v) is 18.9. The summed E-state index contributed by atoms with van der Waals surface area (Å²) in [4.78, 5) is 19.4. The van der Waals surface area contributed by atoms with Crippen LogP contribution in [0, 0.1) is 6.92 Å². The van der Waals surface area contributed by atoms with Crippen LogP contribution in [0.15, 0.2) is 30.5 Å². The van der Waals surface area contributed by atoms with Crippen LogP contribution < -0.4 is 15.4 Å². The number of nitrogens with zero attached hydrogens (tertiary/aromatic N) is 2. The summed E-state index contributed by atoms with van der Waals surface area (Å²) in [6.45, 7) is 7.61. The molecule has 0 spiro atoms. The lowest BCUT2D eigenvalue weighted by Crippen LogP contribution is -2.44. The number of aryl methyl sites for hydroxylation is 1. The standard InChI is InChI=1S/C25H34N4O2/c1-4-31-23-14-18(5-8-22(23)19-6-7-19)16-29-11-9-21(10-12-29)28-25(30)20-13-17(2)24(26-3)27-15-20/h5,8,13-15,19,21H,4,6-7,9-12,16H2,1-3H3,(H,26,27)(H,28,30). The summed E-state index contributed by atoms with van der Waals surface area (Å²) in [5.41, 5.74) is 4.28. The third kappa shape index (κ3) is 5.37. The molecule has 166 valence electrons. The van der Waals surface area contributed by atoms with Gasteiger partial charge in [-0.15, -0.1) is 0 Å². The number of rotatable bonds is 8. The van der Waals surface area contributed by atoms with E-state index in [9.17, 15) is 4.79 Å². The summed E-state index contributed by atoms with van der Waals surface area (Å²) in [6, 6.07) is 8.86. The van der Waals surface area contributed by atoms with Crippen molar-refractivity contribution >= 4 is 11.7 Å². The molecule has 0 unspecified atom stereocenters. The number of nitrogens with one attached hydrogen (secondary N) is 2. The number of benzene rings is 1. The van der Waals surface area contributed by atoms with Crippen molar-refractivity contribution in [2.75, 3.05) is 32.1 Å². The topological polar surface area (TPSA) is 66.5 Å². The van der Waals surface area contributed by atoms with Crippen molar-refractivity contribution < 1.29 is 9.53 Å². The van der Waals surface area contributed by atoms with E-state index in [1.165, 1.54) is 24.0 Å². The zero-order valence-electron chi connectivity index (χ0n) is 18.9. The van der Waals surface area contributed by atoms with E-state index >= 15 is 0 Å². The van der Waals surface area contributed by atoms with Crippen molar-refractivity contribution in [1.82, 2.24) is 15.2 Å². The minimum atomic E-state index is -0.0336. The van der Waals surface area contributed by atoms with Crippen LogP contribution in [0.2, 0.25) is 0 Å². The second-order valence-electron chi connectivity index (χ2n) is 8.74. The summed E-state index contributed by atoms with van der Waals surface area (Å²) >= 11 is 0. The Hall–Kier alpha value is -2.60. The maximum Gasteiger partial charge on any atom is 0.253 e. The Kier molecular flexibility index (Phi) is 6.76. The maximum absolute atomic E-state index is 12.6. The van der Waals surface area contributed by atoms with Crippen LogP contribution in [-0.4, -0.2) is 48.6 Å². The fourth-order valence-electron chi connectivity index (χ4n) is 4.41. The van der Waals surface area contributed by atoms with Crippen molar-refractivity contribution in [2.24, 2.45) is 0 Å². The molecule has 1 aromatic heterocycles. The Morgan fingerprint density at radius 3 is 2.61 bits per heavy atom. The van der Waals surface area contributed by atoms with E-state index < -0.39 is 0 Å². The Bertz CT molecular complexity index is 918. The number of hydrogen-bond acceptors (Lipinski definition) is 5. The van der Waals surface area contributed by atoms with E-state index in [0.29, 0.717) is 18.1 Å². The molecule has 0 atom stereocenters. The summed E-state index contributed by atoms with van der Waals surface area (Å²) in [5.74, 6) is 2.54. The highest BCUT2D eigenvalue weighted by atomic mass is 16.5. The van der Waals surface area contributed by atoms with Crippen molar-refractivity contribution in [3.05, 3.63) is 52.7 Å². The number of carbonyl (C=O) groups is 1. The van der Waals surface area contributed by atoms with Crippen molar-refractivity contribution in [3.63, 3.8) is 0 Å². The number of likely N-dealkylation sites (tertiary alicyclic amines) is 1. The molecule has 1 aliphatic carbocycles. The Morgan fingerprint density at radius 1 is 1.19 bits per heavy atom. The van der Waals surface area contributed by atoms with Crippen LogP contribution in [-0.2, 0) is 6.54 Å². The van der Waals surface area contributed by atoms with Gasteiger partial charge in [-0.2, -0.15) is 0 Å². The van der Waals surface area contributed by atoms with Crippen LogP contribution in [0.5, 0.6) is 5.75 Å². The number of amides is 1. The molecule has 1 saturated heterocycles. The van der Waals surface area contributed by atoms with Gasteiger partial charge in [0.25, 0.3) is 5.91 Å². The SMILES string of the molecule is CCOc1cc(CN2CCC(NC(=O)c3cnc(NC)c(C)c3)CC2)ccc1C1CC1. The van der Waals surface area contributed by atoms with Crippen LogP contribution in [0.3, 0.4) is 0 Å². The number of piperidine rings is 1. The zero-order chi connectivity index (χ0) is 21.8. The maximum atomic E-state index is 12.6. The highest BCUT2D eigenvalue weighted by Gasteiger charge is 2.27. The lowest BCUT2D eigenvalue weighted by atomic mass is 10.0. The molecule has 6 nitrogen and oxygen atoms in total. The van der Waals surface area contributed by atoms with Gasteiger partial charge in [-0.1, -0.05) is 12.1 Å². The molecule has 2 N–H and O–H groups in total. The monoisotopic (exact) mass is 422 g/mol. The second kappa shape index (κ2) is 9.69. The first-order chi connectivity index (χ1) is 15.1. The summed E-state index contributed by atoms with van der Waals surface area (Å²) in [6.07, 6.45) is 6.14. The molecule has 2 aliphatic rings. The second-order valence-corrected chi connectivity index (χ2v) is 8.74. The van der Waals surface area contributed by atoms with E-state index in [1.54, 1.807) is 6.20 Å². The Morgan fingerprint density at radius 2 is 1.97 bits per heavy atom. The quantitative estimate of drug-likeness (QED) is 0.670. The highest BCUT2D eigenvalue weighted by molar-refractivity contribution is 5.94. The minimum absolute atomic E-state index is 0.0336. The molecule has 31 heavy (non-hydrogen) atoms. The number of anilines is 1. The highest BCUT2D eigenvalue weighted by Crippen LogP contribution is 2.44. The lowest BCUT2D eigenvalue weighted by molar-refractivity contribution is 0.0908. The van der Waals surface area contributed by atoms with Gasteiger partial charge in [0, 0.05) is 38.9 Å². The Labute approximate surface area is 185 Å². The summed E-state index contributed by atoms with van der Waals surface area (Å²) in [5, 5.41) is 6.22. The number of carbonyl (C=O) groups excluding carboxylic acids is 1. The molecule has 2 heterocycles. The first-order valence-corrected chi connectivity index (χ1v) is 11.5. The molecule has 1 amide bonds. The third-order valence-corrected chi connectivity index (χ3v) is 6.30. The molecule has 4 rings (SSSR count). The number of pyridine rings is 1. The van der Waals surface area contributed by atoms with Gasteiger partial charge in [-0.05, 0) is 74.3 Å². The molecule has 2 fully saturated rings. The molecule has 1 aromatic carbocycles. The van der Waals surface area contributed by atoms with Gasteiger partial charge in [0.05, 0.1) is 12.2 Å². The van der Waals surface area contributed by atoms with E-state index in [1.807, 2.05) is 20.0 Å². The molecular formula is C25H34N4O2. The summed E-state index contributed by atoms with van der Waals surface area (Å²) in [7, 11) is 1.84. The predicted molar refractivity (Wildman–Crippen MR) is 124 cm³/mol. The number of ether oxygens (including phenoxy) is 1. The molecule has 2 aromatic rings. The van der Waals surface area contributed by atoms with Gasteiger partial charge >= 0.3 is 0 Å². The fraction of sp³-hybridized carbons (Fsp3) is 0.520. The van der Waals surface area contributed by atoms with Crippen molar-refractivity contribution in [3.8, 4) is 5.75 Å². The molecular weight excluding hydrogens is 388 g/mol. The van der Waals surface area contributed by atoms with Crippen LogP contribution in [0.1, 0.15) is 65.6 Å². The van der Waals surface area contributed by atoms with Crippen LogP contribution >= 0.6 is 0 Å². The predicted octanol–water partition coefficient (Wildman–Crippen LogP) is 4.10. The van der Waals surface area contributed by atoms with Crippen molar-refractivity contribution in [2.45, 2.75) is 58.0 Å². The molecule has 1 saturated carbocycles. The van der Waals surface area contributed by atoms with Gasteiger partial charge in [-0.25, -0.2) is 4.98 Å².